The van der Waals surface area contributed by atoms with E-state index in [0.29, 0.717) is 0 Å². The first kappa shape index (κ1) is 21.8. The summed E-state index contributed by atoms with van der Waals surface area (Å²) in [7, 11) is 0. The fraction of sp³-hybridized carbons (Fsp3) is 0.500. The van der Waals surface area contributed by atoms with Gasteiger partial charge in [-0.05, 0) is 38.2 Å². The average molecular weight is 319 g/mol. The second-order valence-electron chi connectivity index (χ2n) is 4.40. The highest BCUT2D eigenvalue weighted by molar-refractivity contribution is 5.85. The van der Waals surface area contributed by atoms with Crippen LogP contribution in [0.3, 0.4) is 0 Å². The summed E-state index contributed by atoms with van der Waals surface area (Å²) in [6.45, 7) is 10.00. The van der Waals surface area contributed by atoms with E-state index in [1.165, 1.54) is 18.5 Å². The molecule has 0 unspecified atom stereocenters. The minimum absolute atomic E-state index is 0. The van der Waals surface area contributed by atoms with E-state index in [1.807, 2.05) is 6.07 Å². The molecule has 116 valence electrons. The topological polar surface area (TPSA) is 15.3 Å². The molecule has 2 nitrogen and oxygen atoms in total. The van der Waals surface area contributed by atoms with Crippen LogP contribution >= 0.6 is 24.8 Å². The number of nitrogens with one attached hydrogen (secondary N) is 1. The van der Waals surface area contributed by atoms with Gasteiger partial charge in [0.15, 0.2) is 0 Å². The maximum atomic E-state index is 3.45. The smallest absolute Gasteiger partial charge is 0.0138 e. The Morgan fingerprint density at radius 1 is 1.05 bits per heavy atom. The van der Waals surface area contributed by atoms with Gasteiger partial charge in [0.25, 0.3) is 0 Å². The molecule has 0 amide bonds. The van der Waals surface area contributed by atoms with E-state index in [-0.39, 0.29) is 24.8 Å². The van der Waals surface area contributed by atoms with Crippen molar-refractivity contribution >= 4 is 30.9 Å². The van der Waals surface area contributed by atoms with Crippen molar-refractivity contribution in [3.05, 3.63) is 42.0 Å². The number of halogens is 2. The summed E-state index contributed by atoms with van der Waals surface area (Å²) >= 11 is 0. The van der Waals surface area contributed by atoms with Gasteiger partial charge in [-0.3, -0.25) is 0 Å². The zero-order chi connectivity index (χ0) is 13.1. The van der Waals surface area contributed by atoms with Crippen molar-refractivity contribution in [2.75, 3.05) is 32.7 Å². The van der Waals surface area contributed by atoms with Crippen LogP contribution in [0.5, 0.6) is 0 Å². The number of nitrogens with zero attached hydrogens (tertiary/aromatic N) is 1. The van der Waals surface area contributed by atoms with Crippen molar-refractivity contribution in [2.45, 2.75) is 20.3 Å². The molecule has 4 heteroatoms. The summed E-state index contributed by atoms with van der Waals surface area (Å²) in [4.78, 5) is 2.46. The highest BCUT2D eigenvalue weighted by atomic mass is 35.5. The lowest BCUT2D eigenvalue weighted by Crippen LogP contribution is -2.27. The first-order valence-corrected chi connectivity index (χ1v) is 7.01. The lowest BCUT2D eigenvalue weighted by molar-refractivity contribution is 0.298. The molecule has 0 saturated carbocycles. The number of hydrogen-bond donors (Lipinski definition) is 1. The Kier molecular flexibility index (Phi) is 16.2. The largest absolute Gasteiger partial charge is 0.313 e. The Bertz CT molecular complexity index is 325. The Hall–Kier alpha value is -0.540. The molecule has 0 heterocycles. The number of hydrogen-bond acceptors (Lipinski definition) is 2. The van der Waals surface area contributed by atoms with E-state index >= 15 is 0 Å². The van der Waals surface area contributed by atoms with Crippen LogP contribution in [0, 0.1) is 0 Å². The Morgan fingerprint density at radius 3 is 2.30 bits per heavy atom. The van der Waals surface area contributed by atoms with E-state index in [9.17, 15) is 0 Å². The van der Waals surface area contributed by atoms with E-state index in [2.05, 4.69) is 60.5 Å². The van der Waals surface area contributed by atoms with Crippen LogP contribution in [0.2, 0.25) is 0 Å². The molecular formula is C16H28Cl2N2. The van der Waals surface area contributed by atoms with Crippen molar-refractivity contribution in [1.29, 1.82) is 0 Å². The van der Waals surface area contributed by atoms with Crippen LogP contribution < -0.4 is 5.32 Å². The van der Waals surface area contributed by atoms with Gasteiger partial charge in [-0.25, -0.2) is 0 Å². The fourth-order valence-electron chi connectivity index (χ4n) is 1.91. The molecule has 1 aromatic rings. The third-order valence-electron chi connectivity index (χ3n) is 3.09. The third kappa shape index (κ3) is 10.3. The molecule has 0 aliphatic heterocycles. The molecule has 20 heavy (non-hydrogen) atoms. The molecule has 0 spiro atoms. The molecule has 0 aliphatic rings. The van der Waals surface area contributed by atoms with Gasteiger partial charge in [-0.1, -0.05) is 56.3 Å². The first-order chi connectivity index (χ1) is 8.86. The Labute approximate surface area is 136 Å². The van der Waals surface area contributed by atoms with Crippen molar-refractivity contribution in [1.82, 2.24) is 10.2 Å². The summed E-state index contributed by atoms with van der Waals surface area (Å²) in [6, 6.07) is 10.4. The predicted molar refractivity (Wildman–Crippen MR) is 95.2 cm³/mol. The Balaban J connectivity index is 0. The van der Waals surface area contributed by atoms with E-state index in [0.717, 1.165) is 26.2 Å². The van der Waals surface area contributed by atoms with Crippen LogP contribution in [-0.2, 0) is 0 Å². The lowest BCUT2D eigenvalue weighted by Gasteiger charge is -2.17. The molecule has 1 aromatic carbocycles. The summed E-state index contributed by atoms with van der Waals surface area (Å²) in [6.07, 6.45) is 5.57. The second kappa shape index (κ2) is 14.9. The summed E-state index contributed by atoms with van der Waals surface area (Å²) in [5, 5.41) is 3.45. The van der Waals surface area contributed by atoms with Crippen LogP contribution in [0.15, 0.2) is 36.4 Å². The van der Waals surface area contributed by atoms with Crippen LogP contribution in [0.25, 0.3) is 6.08 Å². The van der Waals surface area contributed by atoms with E-state index < -0.39 is 0 Å². The third-order valence-corrected chi connectivity index (χ3v) is 3.09. The molecular weight excluding hydrogens is 291 g/mol. The van der Waals surface area contributed by atoms with Crippen LogP contribution in [0.1, 0.15) is 25.8 Å². The summed E-state index contributed by atoms with van der Waals surface area (Å²) in [5.74, 6) is 0. The highest BCUT2D eigenvalue weighted by Crippen LogP contribution is 1.99. The van der Waals surface area contributed by atoms with Gasteiger partial charge < -0.3 is 10.2 Å². The maximum absolute atomic E-state index is 3.45. The Morgan fingerprint density at radius 2 is 1.70 bits per heavy atom. The normalized spacial score (nSPS) is 10.3. The fourth-order valence-corrected chi connectivity index (χ4v) is 1.91. The second-order valence-corrected chi connectivity index (χ2v) is 4.40. The first-order valence-electron chi connectivity index (χ1n) is 7.01. The van der Waals surface area contributed by atoms with Gasteiger partial charge in [-0.2, -0.15) is 0 Å². The summed E-state index contributed by atoms with van der Waals surface area (Å²) in [5.41, 5.74) is 1.27. The molecule has 0 saturated heterocycles. The van der Waals surface area contributed by atoms with Crippen molar-refractivity contribution < 1.29 is 0 Å². The van der Waals surface area contributed by atoms with Crippen molar-refractivity contribution in [3.8, 4) is 0 Å². The quantitative estimate of drug-likeness (QED) is 0.695. The lowest BCUT2D eigenvalue weighted by atomic mass is 10.2. The SMILES string of the molecule is CCN(CC)CCCNC/C=C/c1ccccc1.Cl.Cl. The van der Waals surface area contributed by atoms with Crippen LogP contribution in [0.4, 0.5) is 0 Å². The average Bonchev–Trinajstić information content (AvgIpc) is 2.43. The van der Waals surface area contributed by atoms with Gasteiger partial charge >= 0.3 is 0 Å². The maximum Gasteiger partial charge on any atom is 0.0138 e. The van der Waals surface area contributed by atoms with Crippen molar-refractivity contribution in [2.24, 2.45) is 0 Å². The summed E-state index contributed by atoms with van der Waals surface area (Å²) < 4.78 is 0. The van der Waals surface area contributed by atoms with Crippen molar-refractivity contribution in [3.63, 3.8) is 0 Å². The van der Waals surface area contributed by atoms with E-state index in [4.69, 9.17) is 0 Å². The van der Waals surface area contributed by atoms with Gasteiger partial charge in [-0.15, -0.1) is 24.8 Å². The predicted octanol–water partition coefficient (Wildman–Crippen LogP) is 3.86. The molecule has 1 N–H and O–H groups in total. The molecule has 0 bridgehead atoms. The van der Waals surface area contributed by atoms with Gasteiger partial charge in [0, 0.05) is 6.54 Å². The molecule has 0 aliphatic carbocycles. The minimum atomic E-state index is 0. The number of benzene rings is 1. The van der Waals surface area contributed by atoms with E-state index in [1.54, 1.807) is 0 Å². The zero-order valence-corrected chi connectivity index (χ0v) is 14.2. The molecule has 0 fully saturated rings. The molecule has 0 aromatic heterocycles. The van der Waals surface area contributed by atoms with Crippen LogP contribution in [-0.4, -0.2) is 37.6 Å². The van der Waals surface area contributed by atoms with Gasteiger partial charge in [0.1, 0.15) is 0 Å². The zero-order valence-electron chi connectivity index (χ0n) is 12.5. The monoisotopic (exact) mass is 318 g/mol. The van der Waals surface area contributed by atoms with Gasteiger partial charge in [0.05, 0.1) is 0 Å². The molecule has 0 atom stereocenters. The highest BCUT2D eigenvalue weighted by Gasteiger charge is 1.96. The van der Waals surface area contributed by atoms with Gasteiger partial charge in [0.2, 0.25) is 0 Å². The molecule has 1 rings (SSSR count). The minimum Gasteiger partial charge on any atom is -0.313 e. The standard InChI is InChI=1S/C16H26N2.2ClH/c1-3-18(4-2)15-9-14-17-13-8-12-16-10-6-5-7-11-16;;/h5-8,10-12,17H,3-4,9,13-15H2,1-2H3;2*1H/b12-8+;;. The number of rotatable bonds is 9. The molecule has 0 radical (unpaired) electrons.